The van der Waals surface area contributed by atoms with Crippen LogP contribution in [0.5, 0.6) is 0 Å². The van der Waals surface area contributed by atoms with Gasteiger partial charge in [0.05, 0.1) is 11.9 Å². The highest BCUT2D eigenvalue weighted by molar-refractivity contribution is 7.13. The second-order valence-corrected chi connectivity index (χ2v) is 4.42. The standard InChI is InChI=1S/C10H12N4OS/c1-7-3-11-14(4-7)5-9(15)13-10-12-8(2)6-16-10/h3-4,6H,5H2,1-2H3,(H,12,13,15). The van der Waals surface area contributed by atoms with Crippen LogP contribution in [-0.4, -0.2) is 20.7 Å². The number of nitrogens with one attached hydrogen (secondary N) is 1. The highest BCUT2D eigenvalue weighted by atomic mass is 32.1. The van der Waals surface area contributed by atoms with E-state index >= 15 is 0 Å². The predicted molar refractivity (Wildman–Crippen MR) is 62.4 cm³/mol. The Kier molecular flexibility index (Phi) is 3.00. The number of rotatable bonds is 3. The lowest BCUT2D eigenvalue weighted by Gasteiger charge is -2.01. The molecule has 84 valence electrons. The maximum atomic E-state index is 11.6. The van der Waals surface area contributed by atoms with Gasteiger partial charge in [-0.05, 0) is 19.4 Å². The third-order valence-corrected chi connectivity index (χ3v) is 2.81. The molecule has 0 aliphatic carbocycles. The molecule has 0 radical (unpaired) electrons. The van der Waals surface area contributed by atoms with Gasteiger partial charge in [-0.2, -0.15) is 5.10 Å². The molecule has 0 fully saturated rings. The van der Waals surface area contributed by atoms with Gasteiger partial charge in [-0.15, -0.1) is 11.3 Å². The molecule has 0 atom stereocenters. The van der Waals surface area contributed by atoms with Crippen LogP contribution in [0.25, 0.3) is 0 Å². The van der Waals surface area contributed by atoms with Gasteiger partial charge in [0.25, 0.3) is 0 Å². The first kappa shape index (κ1) is 10.8. The van der Waals surface area contributed by atoms with E-state index in [1.807, 2.05) is 25.4 Å². The van der Waals surface area contributed by atoms with Gasteiger partial charge >= 0.3 is 0 Å². The van der Waals surface area contributed by atoms with E-state index in [0.717, 1.165) is 11.3 Å². The van der Waals surface area contributed by atoms with Crippen molar-refractivity contribution >= 4 is 22.4 Å². The molecule has 6 heteroatoms. The number of aryl methyl sites for hydroxylation is 2. The Morgan fingerprint density at radius 2 is 2.38 bits per heavy atom. The lowest BCUT2D eigenvalue weighted by Crippen LogP contribution is -2.18. The van der Waals surface area contributed by atoms with Gasteiger partial charge in [-0.25, -0.2) is 4.98 Å². The zero-order chi connectivity index (χ0) is 11.5. The van der Waals surface area contributed by atoms with Crippen LogP contribution in [0.15, 0.2) is 17.8 Å². The summed E-state index contributed by atoms with van der Waals surface area (Å²) in [6, 6.07) is 0. The number of anilines is 1. The molecule has 0 bridgehead atoms. The minimum Gasteiger partial charge on any atom is -0.300 e. The number of hydrogen-bond acceptors (Lipinski definition) is 4. The van der Waals surface area contributed by atoms with E-state index in [1.165, 1.54) is 11.3 Å². The van der Waals surface area contributed by atoms with Crippen LogP contribution in [0.2, 0.25) is 0 Å². The van der Waals surface area contributed by atoms with Crippen LogP contribution in [0.4, 0.5) is 5.13 Å². The first-order valence-electron chi connectivity index (χ1n) is 4.84. The van der Waals surface area contributed by atoms with Gasteiger partial charge in [0.2, 0.25) is 5.91 Å². The predicted octanol–water partition coefficient (Wildman–Crippen LogP) is 1.60. The average molecular weight is 236 g/mol. The second-order valence-electron chi connectivity index (χ2n) is 3.56. The van der Waals surface area contributed by atoms with Crippen LogP contribution in [0, 0.1) is 13.8 Å². The molecule has 0 aliphatic heterocycles. The van der Waals surface area contributed by atoms with Crippen LogP contribution < -0.4 is 5.32 Å². The molecular weight excluding hydrogens is 224 g/mol. The van der Waals surface area contributed by atoms with Gasteiger partial charge in [0.15, 0.2) is 5.13 Å². The number of amides is 1. The van der Waals surface area contributed by atoms with E-state index in [4.69, 9.17) is 0 Å². The minimum absolute atomic E-state index is 0.113. The molecule has 2 rings (SSSR count). The summed E-state index contributed by atoms with van der Waals surface area (Å²) >= 11 is 1.42. The Morgan fingerprint density at radius 3 is 2.94 bits per heavy atom. The molecule has 0 aliphatic rings. The van der Waals surface area contributed by atoms with Gasteiger partial charge in [-0.3, -0.25) is 9.48 Å². The number of carbonyl (C=O) groups is 1. The van der Waals surface area contributed by atoms with E-state index in [0.29, 0.717) is 5.13 Å². The molecule has 0 saturated heterocycles. The monoisotopic (exact) mass is 236 g/mol. The van der Waals surface area contributed by atoms with E-state index in [2.05, 4.69) is 15.4 Å². The Labute approximate surface area is 97.1 Å². The maximum absolute atomic E-state index is 11.6. The molecule has 2 heterocycles. The summed E-state index contributed by atoms with van der Waals surface area (Å²) in [5.41, 5.74) is 1.95. The number of hydrogen-bond donors (Lipinski definition) is 1. The zero-order valence-corrected chi connectivity index (χ0v) is 9.91. The molecule has 16 heavy (non-hydrogen) atoms. The number of nitrogens with zero attached hydrogens (tertiary/aromatic N) is 3. The number of carbonyl (C=O) groups excluding carboxylic acids is 1. The van der Waals surface area contributed by atoms with Crippen LogP contribution in [0.3, 0.4) is 0 Å². The van der Waals surface area contributed by atoms with E-state index in [1.54, 1.807) is 10.9 Å². The Bertz CT molecular complexity index is 458. The first-order valence-corrected chi connectivity index (χ1v) is 5.72. The fourth-order valence-corrected chi connectivity index (χ4v) is 1.98. The molecule has 0 aromatic carbocycles. The van der Waals surface area contributed by atoms with Crippen molar-refractivity contribution in [2.24, 2.45) is 0 Å². The summed E-state index contributed by atoms with van der Waals surface area (Å²) in [5.74, 6) is -0.113. The lowest BCUT2D eigenvalue weighted by atomic mass is 10.4. The van der Waals surface area contributed by atoms with Crippen molar-refractivity contribution in [2.75, 3.05) is 5.32 Å². The minimum atomic E-state index is -0.113. The van der Waals surface area contributed by atoms with Crippen molar-refractivity contribution in [1.82, 2.24) is 14.8 Å². The lowest BCUT2D eigenvalue weighted by molar-refractivity contribution is -0.116. The third kappa shape index (κ3) is 2.66. The van der Waals surface area contributed by atoms with Crippen molar-refractivity contribution in [3.63, 3.8) is 0 Å². The smallest absolute Gasteiger partial charge is 0.247 e. The summed E-state index contributed by atoms with van der Waals surface area (Å²) < 4.78 is 1.60. The number of aromatic nitrogens is 3. The highest BCUT2D eigenvalue weighted by Crippen LogP contribution is 2.14. The maximum Gasteiger partial charge on any atom is 0.247 e. The largest absolute Gasteiger partial charge is 0.300 e. The summed E-state index contributed by atoms with van der Waals surface area (Å²) in [6.07, 6.45) is 3.55. The number of thiazole rings is 1. The van der Waals surface area contributed by atoms with E-state index in [9.17, 15) is 4.79 Å². The van der Waals surface area contributed by atoms with Gasteiger partial charge < -0.3 is 5.32 Å². The molecule has 2 aromatic rings. The van der Waals surface area contributed by atoms with Crippen LogP contribution >= 0.6 is 11.3 Å². The molecule has 2 aromatic heterocycles. The van der Waals surface area contributed by atoms with Crippen molar-refractivity contribution < 1.29 is 4.79 Å². The van der Waals surface area contributed by atoms with Gasteiger partial charge in [0, 0.05) is 11.6 Å². The molecular formula is C10H12N4OS. The molecule has 1 amide bonds. The Morgan fingerprint density at radius 1 is 1.56 bits per heavy atom. The summed E-state index contributed by atoms with van der Waals surface area (Å²) in [6.45, 7) is 4.04. The molecule has 5 nitrogen and oxygen atoms in total. The fourth-order valence-electron chi connectivity index (χ4n) is 1.27. The summed E-state index contributed by atoms with van der Waals surface area (Å²) in [5, 5.41) is 9.30. The Hall–Kier alpha value is -1.69. The zero-order valence-electron chi connectivity index (χ0n) is 9.10. The molecule has 0 saturated carbocycles. The molecule has 1 N–H and O–H groups in total. The van der Waals surface area contributed by atoms with Gasteiger partial charge in [-0.1, -0.05) is 0 Å². The van der Waals surface area contributed by atoms with Gasteiger partial charge in [0.1, 0.15) is 6.54 Å². The normalized spacial score (nSPS) is 10.4. The summed E-state index contributed by atoms with van der Waals surface area (Å²) in [7, 11) is 0. The quantitative estimate of drug-likeness (QED) is 0.880. The highest BCUT2D eigenvalue weighted by Gasteiger charge is 2.06. The van der Waals surface area contributed by atoms with Crippen molar-refractivity contribution in [2.45, 2.75) is 20.4 Å². The van der Waals surface area contributed by atoms with Crippen LogP contribution in [-0.2, 0) is 11.3 Å². The molecule has 0 unspecified atom stereocenters. The Balaban J connectivity index is 1.94. The SMILES string of the molecule is Cc1cnn(CC(=O)Nc2nc(C)cs2)c1. The van der Waals surface area contributed by atoms with Crippen molar-refractivity contribution in [3.05, 3.63) is 29.0 Å². The second kappa shape index (κ2) is 4.44. The average Bonchev–Trinajstić information content (AvgIpc) is 2.76. The van der Waals surface area contributed by atoms with Crippen molar-refractivity contribution in [1.29, 1.82) is 0 Å². The van der Waals surface area contributed by atoms with Crippen molar-refractivity contribution in [3.8, 4) is 0 Å². The van der Waals surface area contributed by atoms with E-state index < -0.39 is 0 Å². The van der Waals surface area contributed by atoms with Crippen LogP contribution in [0.1, 0.15) is 11.3 Å². The first-order chi connectivity index (χ1) is 7.63. The topological polar surface area (TPSA) is 59.8 Å². The van der Waals surface area contributed by atoms with E-state index in [-0.39, 0.29) is 12.5 Å². The third-order valence-electron chi connectivity index (χ3n) is 1.93. The molecule has 0 spiro atoms. The summed E-state index contributed by atoms with van der Waals surface area (Å²) in [4.78, 5) is 15.7. The fraction of sp³-hybridized carbons (Fsp3) is 0.300.